The molecule has 165 valence electrons. The smallest absolute Gasteiger partial charge is 0.177 e. The van der Waals surface area contributed by atoms with Gasteiger partial charge in [-0.1, -0.05) is 34.6 Å². The molecule has 1 radical (unpaired) electrons. The van der Waals surface area contributed by atoms with Gasteiger partial charge in [0.15, 0.2) is 5.78 Å². The van der Waals surface area contributed by atoms with Crippen molar-refractivity contribution in [2.45, 2.75) is 67.3 Å². The maximum atomic E-state index is 11.8. The molecule has 0 saturated heterocycles. The van der Waals surface area contributed by atoms with Gasteiger partial charge in [0.2, 0.25) is 0 Å². The van der Waals surface area contributed by atoms with Gasteiger partial charge >= 0.3 is 0 Å². The van der Waals surface area contributed by atoms with Crippen LogP contribution in [-0.2, 0) is 37.6 Å². The SMILES string of the molecule is CC.CC(=O)C(C)C.CCCOCC(=O)C(C)(C)NCCOCCO.[CH3-].[V]. The number of rotatable bonds is 12. The molecule has 0 aromatic rings. The van der Waals surface area contributed by atoms with E-state index in [1.165, 1.54) is 0 Å². The number of hydrogen-bond donors (Lipinski definition) is 2. The molecule has 0 amide bonds. The predicted molar refractivity (Wildman–Crippen MR) is 109 cm³/mol. The number of ketones is 2. The minimum absolute atomic E-state index is 0. The summed E-state index contributed by atoms with van der Waals surface area (Å²) in [6, 6.07) is 0. The fourth-order valence-corrected chi connectivity index (χ4v) is 1.19. The number of aliphatic hydroxyl groups is 1. The molecule has 0 bridgehead atoms. The first kappa shape index (κ1) is 37.5. The Bertz CT molecular complexity index is 323. The molecule has 0 rings (SSSR count). The van der Waals surface area contributed by atoms with Crippen molar-refractivity contribution < 1.29 is 42.7 Å². The molecule has 0 atom stereocenters. The van der Waals surface area contributed by atoms with Gasteiger partial charge in [0.25, 0.3) is 0 Å². The van der Waals surface area contributed by atoms with E-state index in [1.807, 2.05) is 48.5 Å². The Hall–Kier alpha value is -0.236. The van der Waals surface area contributed by atoms with Crippen LogP contribution < -0.4 is 5.32 Å². The first-order valence-electron chi connectivity index (χ1n) is 9.24. The molecule has 0 aromatic carbocycles. The average Bonchev–Trinajstić information content (AvgIpc) is 2.57. The van der Waals surface area contributed by atoms with E-state index in [0.29, 0.717) is 26.4 Å². The third-order valence-corrected chi connectivity index (χ3v) is 3.14. The molecule has 0 heterocycles. The van der Waals surface area contributed by atoms with E-state index >= 15 is 0 Å². The number of aliphatic hydroxyl groups excluding tert-OH is 1. The van der Waals surface area contributed by atoms with Gasteiger partial charge in [-0.05, 0) is 27.2 Å². The number of Topliss-reactive ketones (excluding diaryl/α,β-unsaturated/α-hetero) is 2. The topological polar surface area (TPSA) is 84.9 Å². The second-order valence-corrected chi connectivity index (χ2v) is 6.13. The predicted octanol–water partition coefficient (Wildman–Crippen LogP) is 3.06. The average molecular weight is 430 g/mol. The number of nitrogens with one attached hydrogen (secondary N) is 1. The maximum Gasteiger partial charge on any atom is 0.177 e. The van der Waals surface area contributed by atoms with E-state index in [1.54, 1.807) is 6.92 Å². The fourth-order valence-electron chi connectivity index (χ4n) is 1.19. The molecule has 6 nitrogen and oxygen atoms in total. The van der Waals surface area contributed by atoms with Gasteiger partial charge in [-0.2, -0.15) is 0 Å². The minimum atomic E-state index is -0.601. The molecular formula is C20H44NO5V-. The number of ether oxygens (including phenoxy) is 2. The first-order valence-corrected chi connectivity index (χ1v) is 9.24. The third-order valence-electron chi connectivity index (χ3n) is 3.14. The Morgan fingerprint density at radius 1 is 1.07 bits per heavy atom. The van der Waals surface area contributed by atoms with E-state index in [-0.39, 0.29) is 56.7 Å². The maximum absolute atomic E-state index is 11.8. The van der Waals surface area contributed by atoms with Crippen LogP contribution in [0.15, 0.2) is 0 Å². The van der Waals surface area contributed by atoms with Crippen LogP contribution in [0.5, 0.6) is 0 Å². The van der Waals surface area contributed by atoms with Crippen LogP contribution in [0.4, 0.5) is 0 Å². The summed E-state index contributed by atoms with van der Waals surface area (Å²) < 4.78 is 10.3. The summed E-state index contributed by atoms with van der Waals surface area (Å²) in [4.78, 5) is 21.9. The summed E-state index contributed by atoms with van der Waals surface area (Å²) in [5, 5.41) is 11.6. The van der Waals surface area contributed by atoms with Crippen molar-refractivity contribution in [3.8, 4) is 0 Å². The monoisotopic (exact) mass is 429 g/mol. The van der Waals surface area contributed by atoms with Crippen molar-refractivity contribution in [1.82, 2.24) is 5.32 Å². The molecule has 27 heavy (non-hydrogen) atoms. The Morgan fingerprint density at radius 2 is 1.56 bits per heavy atom. The molecule has 0 aliphatic heterocycles. The Labute approximate surface area is 180 Å². The van der Waals surface area contributed by atoms with Gasteiger partial charge in [-0.25, -0.2) is 0 Å². The van der Waals surface area contributed by atoms with Crippen LogP contribution in [0.2, 0.25) is 0 Å². The largest absolute Gasteiger partial charge is 0.394 e. The van der Waals surface area contributed by atoms with Crippen LogP contribution in [0.1, 0.15) is 61.8 Å². The summed E-state index contributed by atoms with van der Waals surface area (Å²) in [7, 11) is 0. The van der Waals surface area contributed by atoms with E-state index in [9.17, 15) is 9.59 Å². The molecule has 0 aromatic heterocycles. The molecule has 7 heteroatoms. The van der Waals surface area contributed by atoms with Gasteiger partial charge in [0, 0.05) is 37.6 Å². The summed E-state index contributed by atoms with van der Waals surface area (Å²) >= 11 is 0. The Kier molecular flexibility index (Phi) is 35.8. The van der Waals surface area contributed by atoms with Gasteiger partial charge in [0.05, 0.1) is 25.4 Å². The second-order valence-electron chi connectivity index (χ2n) is 6.13. The van der Waals surface area contributed by atoms with Crippen molar-refractivity contribution in [1.29, 1.82) is 0 Å². The van der Waals surface area contributed by atoms with Crippen molar-refractivity contribution >= 4 is 11.6 Å². The first-order chi connectivity index (χ1) is 11.7. The zero-order valence-electron chi connectivity index (χ0n) is 19.1. The number of carbonyl (C=O) groups is 2. The third kappa shape index (κ3) is 28.1. The van der Waals surface area contributed by atoms with Gasteiger partial charge < -0.3 is 27.3 Å². The van der Waals surface area contributed by atoms with E-state index in [4.69, 9.17) is 14.6 Å². The summed E-state index contributed by atoms with van der Waals surface area (Å²) in [6.45, 7) is 17.2. The zero-order valence-corrected chi connectivity index (χ0v) is 20.5. The molecule has 0 unspecified atom stereocenters. The van der Waals surface area contributed by atoms with Crippen molar-refractivity contribution in [2.75, 3.05) is 39.6 Å². The Morgan fingerprint density at radius 3 is 1.93 bits per heavy atom. The molecule has 0 spiro atoms. The molecular weight excluding hydrogens is 385 g/mol. The van der Waals surface area contributed by atoms with Crippen LogP contribution in [0.25, 0.3) is 0 Å². The normalized spacial score (nSPS) is 9.70. The molecule has 0 fully saturated rings. The van der Waals surface area contributed by atoms with Crippen LogP contribution in [0, 0.1) is 13.3 Å². The van der Waals surface area contributed by atoms with Crippen molar-refractivity contribution in [3.05, 3.63) is 7.43 Å². The Balaban J connectivity index is -0.000000138. The quantitative estimate of drug-likeness (QED) is 0.366. The van der Waals surface area contributed by atoms with Crippen LogP contribution in [0.3, 0.4) is 0 Å². The van der Waals surface area contributed by atoms with E-state index in [0.717, 1.165) is 6.42 Å². The van der Waals surface area contributed by atoms with E-state index in [2.05, 4.69) is 5.32 Å². The van der Waals surface area contributed by atoms with E-state index < -0.39 is 5.54 Å². The van der Waals surface area contributed by atoms with Gasteiger partial charge in [0.1, 0.15) is 12.4 Å². The van der Waals surface area contributed by atoms with Gasteiger partial charge in [-0.15, -0.1) is 0 Å². The standard InChI is InChI=1S/C12H25NO4.C5H10O.C2H6.CH3.V/c1-4-7-17-10-11(15)12(2,3)13-5-8-16-9-6-14;1-4(2)5(3)6;1-2;;/h13-14H,4-10H2,1-3H3;4H,1-3H3;1-2H3;1H3;/q;;;-1;. The molecule has 0 aliphatic carbocycles. The van der Waals surface area contributed by atoms with Crippen molar-refractivity contribution in [2.24, 2.45) is 5.92 Å². The summed E-state index contributed by atoms with van der Waals surface area (Å²) in [5.41, 5.74) is -0.601. The number of hydrogen-bond acceptors (Lipinski definition) is 6. The molecule has 0 saturated carbocycles. The minimum Gasteiger partial charge on any atom is -0.394 e. The van der Waals surface area contributed by atoms with Crippen molar-refractivity contribution in [3.63, 3.8) is 0 Å². The molecule has 0 aliphatic rings. The van der Waals surface area contributed by atoms with Crippen LogP contribution in [-0.4, -0.2) is 61.8 Å². The number of carbonyl (C=O) groups excluding carboxylic acids is 2. The summed E-state index contributed by atoms with van der Waals surface area (Å²) in [5.74, 6) is 0.508. The second kappa shape index (κ2) is 25.8. The van der Waals surface area contributed by atoms with Crippen LogP contribution >= 0.6 is 0 Å². The summed E-state index contributed by atoms with van der Waals surface area (Å²) in [6.07, 6.45) is 0.913. The van der Waals surface area contributed by atoms with Gasteiger partial charge in [-0.3, -0.25) is 9.59 Å². The fraction of sp³-hybridized carbons (Fsp3) is 0.850. The molecule has 2 N–H and O–H groups in total. The zero-order chi connectivity index (χ0) is 20.3.